The molecule has 0 aromatic rings. The van der Waals surface area contributed by atoms with Gasteiger partial charge in [0, 0.05) is 0 Å². The Bertz CT molecular complexity index is 206. The Balaban J connectivity index is 3.45. The third-order valence-corrected chi connectivity index (χ3v) is 5.05. The van der Waals surface area contributed by atoms with Gasteiger partial charge in [-0.15, -0.1) is 0 Å². The van der Waals surface area contributed by atoms with Crippen molar-refractivity contribution in [1.82, 2.24) is 0 Å². The van der Waals surface area contributed by atoms with E-state index in [0.717, 1.165) is 23.7 Å². The van der Waals surface area contributed by atoms with Gasteiger partial charge in [-0.2, -0.15) is 0 Å². The van der Waals surface area contributed by atoms with Crippen LogP contribution in [0.5, 0.6) is 0 Å². The summed E-state index contributed by atoms with van der Waals surface area (Å²) in [5.41, 5.74) is 0. The molecule has 0 heterocycles. The molecule has 0 unspecified atom stereocenters. The van der Waals surface area contributed by atoms with Crippen LogP contribution in [0.15, 0.2) is 0 Å². The van der Waals surface area contributed by atoms with Crippen LogP contribution in [0.1, 0.15) is 112 Å². The molecule has 0 nitrogen and oxygen atoms in total. The number of hydrogen-bond acceptors (Lipinski definition) is 0. The molecular weight excluding hydrogens is 252 g/mol. The molecule has 0 saturated heterocycles. The van der Waals surface area contributed by atoms with Gasteiger partial charge in [-0.25, -0.2) is 0 Å². The largest absolute Gasteiger partial charge is 0.0654 e. The van der Waals surface area contributed by atoms with Crippen molar-refractivity contribution in [3.05, 3.63) is 0 Å². The molecule has 0 aromatic carbocycles. The summed E-state index contributed by atoms with van der Waals surface area (Å²) in [6.07, 6.45) is 15.8. The topological polar surface area (TPSA) is 0 Å². The molecule has 0 bridgehead atoms. The minimum absolute atomic E-state index is 0.882. The highest BCUT2D eigenvalue weighted by molar-refractivity contribution is 4.60. The molecule has 0 fully saturated rings. The van der Waals surface area contributed by atoms with Crippen LogP contribution in [0, 0.1) is 23.7 Å². The first-order chi connectivity index (χ1) is 9.95. The molecule has 0 amide bonds. The van der Waals surface area contributed by atoms with E-state index in [0.29, 0.717) is 0 Å². The monoisotopic (exact) mass is 296 g/mol. The van der Waals surface area contributed by atoms with Crippen LogP contribution in [-0.4, -0.2) is 0 Å². The zero-order chi connectivity index (χ0) is 16.1. The maximum absolute atomic E-state index is 2.47. The Morgan fingerprint density at radius 1 is 0.476 bits per heavy atom. The van der Waals surface area contributed by atoms with Gasteiger partial charge >= 0.3 is 0 Å². The molecule has 0 radical (unpaired) electrons. The summed E-state index contributed by atoms with van der Waals surface area (Å²) in [6, 6.07) is 0. The molecule has 0 spiro atoms. The second-order valence-corrected chi connectivity index (χ2v) is 8.29. The van der Waals surface area contributed by atoms with Gasteiger partial charge in [0.25, 0.3) is 0 Å². The Kier molecular flexibility index (Phi) is 13.6. The number of rotatable bonds is 14. The van der Waals surface area contributed by atoms with Gasteiger partial charge in [0.2, 0.25) is 0 Å². The van der Waals surface area contributed by atoms with Crippen molar-refractivity contribution in [3.8, 4) is 0 Å². The van der Waals surface area contributed by atoms with Gasteiger partial charge in [-0.3, -0.25) is 0 Å². The summed E-state index contributed by atoms with van der Waals surface area (Å²) in [4.78, 5) is 0. The van der Waals surface area contributed by atoms with Crippen LogP contribution in [0.2, 0.25) is 0 Å². The molecule has 3 atom stereocenters. The SMILES string of the molecule is CCC[C@H](C)CCC[C@@H](C)CCC[C@H](C)CCCC(C)C. The van der Waals surface area contributed by atoms with Crippen LogP contribution >= 0.6 is 0 Å². The Hall–Kier alpha value is 0. The lowest BCUT2D eigenvalue weighted by molar-refractivity contribution is 0.374. The highest BCUT2D eigenvalue weighted by atomic mass is 14.1. The maximum atomic E-state index is 2.47. The predicted octanol–water partition coefficient (Wildman–Crippen LogP) is 7.86. The molecule has 0 aliphatic carbocycles. The van der Waals surface area contributed by atoms with Crippen molar-refractivity contribution in [2.24, 2.45) is 23.7 Å². The van der Waals surface area contributed by atoms with Gasteiger partial charge in [0.15, 0.2) is 0 Å². The van der Waals surface area contributed by atoms with E-state index in [1.165, 1.54) is 70.6 Å². The van der Waals surface area contributed by atoms with Crippen molar-refractivity contribution in [2.45, 2.75) is 112 Å². The van der Waals surface area contributed by atoms with Crippen LogP contribution in [0.25, 0.3) is 0 Å². The summed E-state index contributed by atoms with van der Waals surface area (Å²) in [6.45, 7) is 14.3. The van der Waals surface area contributed by atoms with E-state index in [9.17, 15) is 0 Å². The van der Waals surface area contributed by atoms with E-state index >= 15 is 0 Å². The molecule has 21 heavy (non-hydrogen) atoms. The first kappa shape index (κ1) is 21.0. The van der Waals surface area contributed by atoms with Gasteiger partial charge in [-0.1, -0.05) is 112 Å². The quantitative estimate of drug-likeness (QED) is 0.306. The summed E-state index contributed by atoms with van der Waals surface area (Å²) in [5.74, 6) is 3.72. The first-order valence-corrected chi connectivity index (χ1v) is 9.95. The Labute approximate surface area is 136 Å². The predicted molar refractivity (Wildman–Crippen MR) is 98.8 cm³/mol. The smallest absolute Gasteiger partial charge is 0.0443 e. The van der Waals surface area contributed by atoms with E-state index in [-0.39, 0.29) is 0 Å². The highest BCUT2D eigenvalue weighted by Gasteiger charge is 2.07. The van der Waals surface area contributed by atoms with Crippen molar-refractivity contribution >= 4 is 0 Å². The fraction of sp³-hybridized carbons (Fsp3) is 1.00. The van der Waals surface area contributed by atoms with E-state index in [4.69, 9.17) is 0 Å². The third kappa shape index (κ3) is 14.7. The summed E-state index contributed by atoms with van der Waals surface area (Å²) >= 11 is 0. The fourth-order valence-electron chi connectivity index (χ4n) is 3.43. The van der Waals surface area contributed by atoms with Gasteiger partial charge in [0.1, 0.15) is 0 Å². The van der Waals surface area contributed by atoms with Crippen molar-refractivity contribution in [2.75, 3.05) is 0 Å². The zero-order valence-corrected chi connectivity index (χ0v) is 16.1. The molecule has 0 aliphatic rings. The van der Waals surface area contributed by atoms with Crippen LogP contribution < -0.4 is 0 Å². The van der Waals surface area contributed by atoms with E-state index in [1.54, 1.807) is 0 Å². The Morgan fingerprint density at radius 2 is 0.810 bits per heavy atom. The van der Waals surface area contributed by atoms with Crippen molar-refractivity contribution in [3.63, 3.8) is 0 Å². The molecule has 128 valence electrons. The summed E-state index contributed by atoms with van der Waals surface area (Å²) < 4.78 is 0. The van der Waals surface area contributed by atoms with Gasteiger partial charge < -0.3 is 0 Å². The molecular formula is C21H44. The fourth-order valence-corrected chi connectivity index (χ4v) is 3.43. The van der Waals surface area contributed by atoms with E-state index in [1.807, 2.05) is 0 Å². The average Bonchev–Trinajstić information content (AvgIpc) is 2.38. The lowest BCUT2D eigenvalue weighted by atomic mass is 9.90. The maximum Gasteiger partial charge on any atom is -0.0443 e. The molecule has 0 aliphatic heterocycles. The zero-order valence-electron chi connectivity index (χ0n) is 16.1. The van der Waals surface area contributed by atoms with E-state index < -0.39 is 0 Å². The second kappa shape index (κ2) is 13.6. The van der Waals surface area contributed by atoms with Crippen LogP contribution in [-0.2, 0) is 0 Å². The van der Waals surface area contributed by atoms with Crippen molar-refractivity contribution < 1.29 is 0 Å². The summed E-state index contributed by atoms with van der Waals surface area (Å²) in [5, 5.41) is 0. The molecule has 0 aromatic heterocycles. The average molecular weight is 297 g/mol. The molecule has 0 rings (SSSR count). The normalized spacial score (nSPS) is 16.1. The lowest BCUT2D eigenvalue weighted by Gasteiger charge is -2.16. The highest BCUT2D eigenvalue weighted by Crippen LogP contribution is 2.22. The minimum atomic E-state index is 0.882. The molecule has 0 N–H and O–H groups in total. The number of hydrogen-bond donors (Lipinski definition) is 0. The van der Waals surface area contributed by atoms with E-state index in [2.05, 4.69) is 41.5 Å². The third-order valence-electron chi connectivity index (χ3n) is 5.05. The van der Waals surface area contributed by atoms with Gasteiger partial charge in [0.05, 0.1) is 0 Å². The first-order valence-electron chi connectivity index (χ1n) is 9.95. The minimum Gasteiger partial charge on any atom is -0.0654 e. The molecule has 0 saturated carbocycles. The lowest BCUT2D eigenvalue weighted by Crippen LogP contribution is -2.01. The molecule has 0 heteroatoms. The Morgan fingerprint density at radius 3 is 1.14 bits per heavy atom. The van der Waals surface area contributed by atoms with Gasteiger partial charge in [-0.05, 0) is 23.7 Å². The summed E-state index contributed by atoms with van der Waals surface area (Å²) in [7, 11) is 0. The van der Waals surface area contributed by atoms with Crippen LogP contribution in [0.3, 0.4) is 0 Å². The van der Waals surface area contributed by atoms with Crippen molar-refractivity contribution in [1.29, 1.82) is 0 Å². The standard InChI is InChI=1S/C21H44/c1-7-11-19(4)14-9-15-21(6)17-10-16-20(5)13-8-12-18(2)3/h18-21H,7-17H2,1-6H3/t19-,20+,21+/m0/s1. The second-order valence-electron chi connectivity index (χ2n) is 8.29. The van der Waals surface area contributed by atoms with Crippen LogP contribution in [0.4, 0.5) is 0 Å².